The predicted molar refractivity (Wildman–Crippen MR) is 109 cm³/mol. The van der Waals surface area contributed by atoms with Gasteiger partial charge in [0.1, 0.15) is 5.67 Å². The van der Waals surface area contributed by atoms with Crippen molar-refractivity contribution in [2.45, 2.75) is 63.8 Å². The molecular formula is C22H28F4N4O2. The van der Waals surface area contributed by atoms with Gasteiger partial charge < -0.3 is 10.6 Å². The summed E-state index contributed by atoms with van der Waals surface area (Å²) in [6.07, 6.45) is 1.27. The van der Waals surface area contributed by atoms with Crippen LogP contribution in [-0.2, 0) is 11.0 Å². The zero-order valence-electron chi connectivity index (χ0n) is 18.3. The summed E-state index contributed by atoms with van der Waals surface area (Å²) in [6, 6.07) is -0.324. The fourth-order valence-electron chi connectivity index (χ4n) is 5.97. The van der Waals surface area contributed by atoms with Crippen LogP contribution in [0.2, 0.25) is 0 Å². The highest BCUT2D eigenvalue weighted by Crippen LogP contribution is 2.57. The predicted octanol–water partition coefficient (Wildman–Crippen LogP) is 3.79. The van der Waals surface area contributed by atoms with Crippen LogP contribution in [0.1, 0.15) is 62.0 Å². The van der Waals surface area contributed by atoms with Gasteiger partial charge >= 0.3 is 6.18 Å². The van der Waals surface area contributed by atoms with E-state index in [4.69, 9.17) is 0 Å². The summed E-state index contributed by atoms with van der Waals surface area (Å²) in [7, 11) is 1.43. The first-order chi connectivity index (χ1) is 14.8. The largest absolute Gasteiger partial charge is 0.434 e. The average Bonchev–Trinajstić information content (AvgIpc) is 3.12. The number of hydrogen-bond donors (Lipinski definition) is 2. The fourth-order valence-corrected chi connectivity index (χ4v) is 5.97. The summed E-state index contributed by atoms with van der Waals surface area (Å²) in [6.45, 7) is 3.10. The molecule has 4 fully saturated rings. The lowest BCUT2D eigenvalue weighted by atomic mass is 9.53. The molecule has 2 atom stereocenters. The van der Waals surface area contributed by atoms with E-state index in [9.17, 15) is 27.2 Å². The van der Waals surface area contributed by atoms with Crippen LogP contribution < -0.4 is 10.6 Å². The fraction of sp³-hybridized carbons (Fsp3) is 0.682. The van der Waals surface area contributed by atoms with E-state index in [0.29, 0.717) is 29.9 Å². The minimum absolute atomic E-state index is 0.0483. The Morgan fingerprint density at radius 1 is 1.19 bits per heavy atom. The van der Waals surface area contributed by atoms with Crippen LogP contribution in [-0.4, -0.2) is 40.4 Å². The quantitative estimate of drug-likeness (QED) is 0.662. The Kier molecular flexibility index (Phi) is 5.40. The number of carbonyl (C=O) groups is 2. The van der Waals surface area contributed by atoms with Gasteiger partial charge in [-0.2, -0.15) is 18.3 Å². The van der Waals surface area contributed by atoms with Crippen LogP contribution >= 0.6 is 0 Å². The molecule has 10 heteroatoms. The Bertz CT molecular complexity index is 936. The molecule has 0 saturated heterocycles. The Labute approximate surface area is 183 Å². The molecule has 32 heavy (non-hydrogen) atoms. The van der Waals surface area contributed by atoms with Crippen molar-refractivity contribution in [3.05, 3.63) is 23.5 Å². The third kappa shape index (κ3) is 4.03. The molecule has 2 amide bonds. The van der Waals surface area contributed by atoms with E-state index >= 15 is 0 Å². The molecule has 1 aromatic rings. The molecule has 1 heterocycles. The molecule has 176 valence electrons. The molecule has 4 saturated carbocycles. The van der Waals surface area contributed by atoms with Gasteiger partial charge in [0.2, 0.25) is 5.91 Å². The number of carbonyl (C=O) groups excluding carboxylic acids is 2. The first-order valence-electron chi connectivity index (χ1n) is 10.9. The average molecular weight is 456 g/mol. The maximum absolute atomic E-state index is 14.9. The van der Waals surface area contributed by atoms with Gasteiger partial charge in [-0.15, -0.1) is 0 Å². The number of hydrogen-bond acceptors (Lipinski definition) is 3. The summed E-state index contributed by atoms with van der Waals surface area (Å²) in [4.78, 5) is 24.8. The SMILES string of the molecule is CNC(=O)C(C)(C)/C=C/n1ncc(C(=O)N[C@H]2C3CC4CC2C[C@](F)(C4)C3)c1C(F)(F)F. The Balaban J connectivity index is 1.57. The van der Waals surface area contributed by atoms with Crippen molar-refractivity contribution in [2.24, 2.45) is 23.2 Å². The van der Waals surface area contributed by atoms with Gasteiger partial charge in [0.25, 0.3) is 5.91 Å². The lowest BCUT2D eigenvalue weighted by Gasteiger charge is -2.56. The summed E-state index contributed by atoms with van der Waals surface area (Å²) in [5.41, 5.74) is -4.05. The third-order valence-corrected chi connectivity index (χ3v) is 7.25. The van der Waals surface area contributed by atoms with Crippen molar-refractivity contribution >= 4 is 18.0 Å². The van der Waals surface area contributed by atoms with Crippen molar-refractivity contribution in [3.63, 3.8) is 0 Å². The van der Waals surface area contributed by atoms with Crippen molar-refractivity contribution in [2.75, 3.05) is 7.05 Å². The van der Waals surface area contributed by atoms with E-state index in [1.807, 2.05) is 0 Å². The van der Waals surface area contributed by atoms with Crippen molar-refractivity contribution in [1.82, 2.24) is 20.4 Å². The molecule has 0 spiro atoms. The Morgan fingerprint density at radius 2 is 1.81 bits per heavy atom. The molecule has 5 rings (SSSR count). The van der Waals surface area contributed by atoms with Gasteiger partial charge in [-0.05, 0) is 63.7 Å². The molecule has 0 aromatic carbocycles. The normalized spacial score (nSPS) is 31.8. The van der Waals surface area contributed by atoms with Crippen LogP contribution in [0, 0.1) is 23.2 Å². The Hall–Kier alpha value is -2.39. The highest BCUT2D eigenvalue weighted by Gasteiger charge is 2.56. The number of amides is 2. The minimum atomic E-state index is -4.84. The van der Waals surface area contributed by atoms with E-state index in [1.54, 1.807) is 13.8 Å². The van der Waals surface area contributed by atoms with Crippen LogP contribution in [0.5, 0.6) is 0 Å². The second-order valence-corrected chi connectivity index (χ2v) is 10.1. The van der Waals surface area contributed by atoms with Crippen LogP contribution in [0.4, 0.5) is 17.6 Å². The second-order valence-electron chi connectivity index (χ2n) is 10.1. The zero-order chi connectivity index (χ0) is 23.5. The molecule has 4 aliphatic rings. The van der Waals surface area contributed by atoms with Gasteiger partial charge in [0.15, 0.2) is 5.69 Å². The summed E-state index contributed by atoms with van der Waals surface area (Å²) >= 11 is 0. The van der Waals surface area contributed by atoms with Crippen molar-refractivity contribution in [3.8, 4) is 0 Å². The minimum Gasteiger partial charge on any atom is -0.358 e. The highest BCUT2D eigenvalue weighted by molar-refractivity contribution is 5.95. The molecule has 6 nitrogen and oxygen atoms in total. The smallest absolute Gasteiger partial charge is 0.358 e. The van der Waals surface area contributed by atoms with Crippen LogP contribution in [0.15, 0.2) is 12.3 Å². The molecule has 4 aliphatic carbocycles. The van der Waals surface area contributed by atoms with Gasteiger partial charge in [0, 0.05) is 19.3 Å². The molecular weight excluding hydrogens is 428 g/mol. The van der Waals surface area contributed by atoms with Gasteiger partial charge in [-0.3, -0.25) is 9.59 Å². The lowest BCUT2D eigenvalue weighted by Crippen LogP contribution is -2.60. The van der Waals surface area contributed by atoms with E-state index < -0.39 is 34.4 Å². The number of halogens is 4. The highest BCUT2D eigenvalue weighted by atomic mass is 19.4. The van der Waals surface area contributed by atoms with Crippen LogP contribution in [0.25, 0.3) is 6.20 Å². The standard InChI is InChI=1S/C22H28F4N4O2/c1-20(2,19(32)27-3)4-5-30-17(22(24,25)26)15(11-28-30)18(31)29-16-13-6-12-7-14(16)10-21(23,8-12)9-13/h4-5,11-14,16H,6-10H2,1-3H3,(H,27,32)(H,29,31)/b5-4+/t12?,13?,14?,16-,21-. The van der Waals surface area contributed by atoms with Gasteiger partial charge in [0.05, 0.1) is 17.2 Å². The number of alkyl halides is 4. The first kappa shape index (κ1) is 22.8. The topological polar surface area (TPSA) is 76.0 Å². The number of rotatable bonds is 5. The maximum atomic E-state index is 14.9. The zero-order valence-corrected chi connectivity index (χ0v) is 18.3. The van der Waals surface area contributed by atoms with E-state index in [0.717, 1.165) is 25.2 Å². The van der Waals surface area contributed by atoms with Crippen LogP contribution in [0.3, 0.4) is 0 Å². The van der Waals surface area contributed by atoms with E-state index in [2.05, 4.69) is 15.7 Å². The molecule has 2 N–H and O–H groups in total. The third-order valence-electron chi connectivity index (χ3n) is 7.25. The summed E-state index contributed by atoms with van der Waals surface area (Å²) in [5, 5.41) is 8.97. The van der Waals surface area contributed by atoms with Gasteiger partial charge in [-0.1, -0.05) is 6.08 Å². The molecule has 0 aliphatic heterocycles. The number of nitrogens with zero attached hydrogens (tertiary/aromatic N) is 2. The number of aromatic nitrogens is 2. The Morgan fingerprint density at radius 3 is 2.34 bits per heavy atom. The maximum Gasteiger partial charge on any atom is 0.434 e. The lowest BCUT2D eigenvalue weighted by molar-refractivity contribution is -0.142. The second kappa shape index (κ2) is 7.59. The molecule has 1 aromatic heterocycles. The molecule has 0 radical (unpaired) electrons. The summed E-state index contributed by atoms with van der Waals surface area (Å²) in [5.74, 6) is -1.03. The monoisotopic (exact) mass is 456 g/mol. The van der Waals surface area contributed by atoms with E-state index in [1.165, 1.54) is 13.1 Å². The van der Waals surface area contributed by atoms with E-state index in [-0.39, 0.29) is 23.8 Å². The van der Waals surface area contributed by atoms with Gasteiger partial charge in [-0.25, -0.2) is 9.07 Å². The number of nitrogens with one attached hydrogen (secondary N) is 2. The van der Waals surface area contributed by atoms with Crippen molar-refractivity contribution < 1.29 is 27.2 Å². The first-order valence-corrected chi connectivity index (χ1v) is 10.9. The molecule has 2 unspecified atom stereocenters. The van der Waals surface area contributed by atoms with Crippen molar-refractivity contribution in [1.29, 1.82) is 0 Å². The summed E-state index contributed by atoms with van der Waals surface area (Å²) < 4.78 is 57.1. The molecule has 4 bridgehead atoms.